The maximum absolute atomic E-state index is 10.6. The van der Waals surface area contributed by atoms with Crippen LogP contribution in [-0.2, 0) is 16.1 Å². The number of carboxylic acids is 1. The van der Waals surface area contributed by atoms with E-state index in [1.165, 1.54) is 31.5 Å². The Bertz CT molecular complexity index is 597. The van der Waals surface area contributed by atoms with Gasteiger partial charge in [0.05, 0.1) is 12.7 Å². The molecule has 4 nitrogen and oxygen atoms in total. The van der Waals surface area contributed by atoms with Gasteiger partial charge in [0.1, 0.15) is 0 Å². The van der Waals surface area contributed by atoms with E-state index in [1.807, 2.05) is 6.07 Å². The molecule has 2 fully saturated rings. The summed E-state index contributed by atoms with van der Waals surface area (Å²) in [7, 11) is 0. The van der Waals surface area contributed by atoms with Crippen molar-refractivity contribution in [1.29, 1.82) is 0 Å². The maximum Gasteiger partial charge on any atom is 0.490 e. The molecule has 0 amide bonds. The summed E-state index contributed by atoms with van der Waals surface area (Å²) in [6.45, 7) is 5.06. The van der Waals surface area contributed by atoms with Crippen LogP contribution in [0, 0.1) is 18.8 Å². The van der Waals surface area contributed by atoms with E-state index in [9.17, 15) is 13.2 Å². The van der Waals surface area contributed by atoms with Crippen LogP contribution in [0.15, 0.2) is 18.2 Å². The second-order valence-corrected chi connectivity index (χ2v) is 6.89. The summed E-state index contributed by atoms with van der Waals surface area (Å²) in [6.07, 6.45) is -2.23. The van der Waals surface area contributed by atoms with Gasteiger partial charge in [-0.3, -0.25) is 0 Å². The molecule has 2 N–H and O–H groups in total. The normalized spacial score (nSPS) is 25.2. The van der Waals surface area contributed by atoms with Crippen LogP contribution in [0.4, 0.5) is 13.2 Å². The molecule has 2 unspecified atom stereocenters. The lowest BCUT2D eigenvalue weighted by molar-refractivity contribution is -0.192. The first-order valence-corrected chi connectivity index (χ1v) is 8.42. The smallest absolute Gasteiger partial charge is 0.475 e. The summed E-state index contributed by atoms with van der Waals surface area (Å²) in [4.78, 5) is 8.90. The van der Waals surface area contributed by atoms with Crippen molar-refractivity contribution < 1.29 is 27.8 Å². The average molecular weight is 380 g/mol. The molecule has 1 saturated carbocycles. The van der Waals surface area contributed by atoms with Gasteiger partial charge < -0.3 is 15.2 Å². The van der Waals surface area contributed by atoms with Crippen LogP contribution in [0.5, 0.6) is 0 Å². The van der Waals surface area contributed by atoms with E-state index in [4.69, 9.17) is 26.2 Å². The summed E-state index contributed by atoms with van der Waals surface area (Å²) in [6, 6.07) is 6.18. The molecule has 0 spiro atoms. The van der Waals surface area contributed by atoms with Crippen molar-refractivity contribution in [2.24, 2.45) is 11.8 Å². The Labute approximate surface area is 149 Å². The Morgan fingerprint density at radius 1 is 1.32 bits per heavy atom. The summed E-state index contributed by atoms with van der Waals surface area (Å²) < 4.78 is 37.8. The van der Waals surface area contributed by atoms with Crippen LogP contribution in [0.1, 0.15) is 24.0 Å². The van der Waals surface area contributed by atoms with Crippen LogP contribution < -0.4 is 5.32 Å². The van der Waals surface area contributed by atoms with Crippen molar-refractivity contribution in [2.75, 3.05) is 13.1 Å². The van der Waals surface area contributed by atoms with E-state index in [1.54, 1.807) is 0 Å². The topological polar surface area (TPSA) is 58.6 Å². The molecule has 140 valence electrons. The second kappa shape index (κ2) is 8.38. The van der Waals surface area contributed by atoms with Gasteiger partial charge in [-0.25, -0.2) is 4.79 Å². The van der Waals surface area contributed by atoms with Crippen LogP contribution in [-0.4, -0.2) is 36.4 Å². The van der Waals surface area contributed by atoms with Gasteiger partial charge in [-0.2, -0.15) is 13.2 Å². The number of aryl methyl sites for hydroxylation is 1. The molecule has 0 radical (unpaired) electrons. The minimum Gasteiger partial charge on any atom is -0.475 e. The van der Waals surface area contributed by atoms with Crippen LogP contribution >= 0.6 is 11.6 Å². The number of hydrogen-bond donors (Lipinski definition) is 2. The summed E-state index contributed by atoms with van der Waals surface area (Å²) in [5.74, 6) is -1.08. The zero-order chi connectivity index (χ0) is 18.6. The highest BCUT2D eigenvalue weighted by Crippen LogP contribution is 2.36. The fraction of sp³-hybridized carbons (Fsp3) is 0.588. The van der Waals surface area contributed by atoms with E-state index >= 15 is 0 Å². The van der Waals surface area contributed by atoms with Gasteiger partial charge in [0, 0.05) is 5.02 Å². The van der Waals surface area contributed by atoms with Crippen molar-refractivity contribution in [3.8, 4) is 0 Å². The first kappa shape index (κ1) is 20.0. The highest BCUT2D eigenvalue weighted by Gasteiger charge is 2.38. The zero-order valence-corrected chi connectivity index (χ0v) is 14.5. The third kappa shape index (κ3) is 5.87. The third-order valence-electron chi connectivity index (χ3n) is 4.54. The minimum absolute atomic E-state index is 0.430. The lowest BCUT2D eigenvalue weighted by atomic mass is 10.0. The number of ether oxygens (including phenoxy) is 1. The Kier molecular flexibility index (Phi) is 6.71. The second-order valence-electron chi connectivity index (χ2n) is 6.48. The molecule has 2 aliphatic rings. The Morgan fingerprint density at radius 2 is 1.88 bits per heavy atom. The van der Waals surface area contributed by atoms with Gasteiger partial charge in [0.2, 0.25) is 0 Å². The Morgan fingerprint density at radius 3 is 2.36 bits per heavy atom. The number of fused-ring (bicyclic) bond motifs is 1. The number of aliphatic carboxylic acids is 1. The van der Waals surface area contributed by atoms with Crippen molar-refractivity contribution >= 4 is 17.6 Å². The molecule has 1 saturated heterocycles. The number of carbonyl (C=O) groups is 1. The molecule has 1 heterocycles. The molecule has 0 bridgehead atoms. The quantitative estimate of drug-likeness (QED) is 0.838. The first-order valence-electron chi connectivity index (χ1n) is 8.04. The maximum atomic E-state index is 10.6. The highest BCUT2D eigenvalue weighted by molar-refractivity contribution is 6.31. The van der Waals surface area contributed by atoms with Gasteiger partial charge in [-0.15, -0.1) is 0 Å². The first-order chi connectivity index (χ1) is 11.7. The molecule has 8 heteroatoms. The van der Waals surface area contributed by atoms with Crippen molar-refractivity contribution in [1.82, 2.24) is 5.32 Å². The zero-order valence-electron chi connectivity index (χ0n) is 13.8. The fourth-order valence-electron chi connectivity index (χ4n) is 3.22. The Hall–Kier alpha value is -1.31. The number of nitrogens with one attached hydrogen (secondary N) is 1. The molecule has 0 aromatic heterocycles. The van der Waals surface area contributed by atoms with Crippen LogP contribution in [0.2, 0.25) is 5.02 Å². The number of hydrogen-bond acceptors (Lipinski definition) is 3. The van der Waals surface area contributed by atoms with Gasteiger partial charge in [0.15, 0.2) is 0 Å². The summed E-state index contributed by atoms with van der Waals surface area (Å²) >= 11 is 6.22. The standard InChI is InChI=1S/C15H20ClNO.C2HF3O2/c1-10-2-3-11(15(16)4-10)9-18-14-5-12-7-17-8-13(12)6-14;3-2(4,5)1(6)7/h2-4,12-14,17H,5-9H2,1H3;(H,6,7). The summed E-state index contributed by atoms with van der Waals surface area (Å²) in [5.41, 5.74) is 2.31. The predicted molar refractivity (Wildman–Crippen MR) is 87.5 cm³/mol. The van der Waals surface area contributed by atoms with Crippen molar-refractivity contribution in [2.45, 2.75) is 38.7 Å². The van der Waals surface area contributed by atoms with E-state index in [-0.39, 0.29) is 0 Å². The third-order valence-corrected chi connectivity index (χ3v) is 4.89. The SMILES string of the molecule is Cc1ccc(COC2CC3CNCC3C2)c(Cl)c1.O=C(O)C(F)(F)F. The molecule has 2 atom stereocenters. The Balaban J connectivity index is 0.000000277. The number of alkyl halides is 3. The molecule has 3 rings (SSSR count). The van der Waals surface area contributed by atoms with Gasteiger partial charge in [0.25, 0.3) is 0 Å². The van der Waals surface area contributed by atoms with Crippen molar-refractivity contribution in [3.05, 3.63) is 34.3 Å². The van der Waals surface area contributed by atoms with E-state index in [0.29, 0.717) is 12.7 Å². The molecule has 1 aliphatic carbocycles. The van der Waals surface area contributed by atoms with Gasteiger partial charge >= 0.3 is 12.1 Å². The molecular weight excluding hydrogens is 359 g/mol. The summed E-state index contributed by atoms with van der Waals surface area (Å²) in [5, 5.41) is 11.4. The fourth-order valence-corrected chi connectivity index (χ4v) is 3.51. The van der Waals surface area contributed by atoms with E-state index in [2.05, 4.69) is 24.4 Å². The van der Waals surface area contributed by atoms with Gasteiger partial charge in [-0.05, 0) is 61.9 Å². The molecule has 1 aromatic rings. The van der Waals surface area contributed by atoms with E-state index in [0.717, 1.165) is 22.4 Å². The number of carboxylic acid groups (broad SMARTS) is 1. The largest absolute Gasteiger partial charge is 0.490 e. The van der Waals surface area contributed by atoms with Gasteiger partial charge in [-0.1, -0.05) is 23.7 Å². The molecule has 1 aliphatic heterocycles. The van der Waals surface area contributed by atoms with Crippen LogP contribution in [0.3, 0.4) is 0 Å². The monoisotopic (exact) mass is 379 g/mol. The molecular formula is C17H21ClF3NO3. The van der Waals surface area contributed by atoms with Crippen LogP contribution in [0.25, 0.3) is 0 Å². The number of benzene rings is 1. The number of halogens is 4. The average Bonchev–Trinajstić information content (AvgIpc) is 3.07. The molecule has 25 heavy (non-hydrogen) atoms. The van der Waals surface area contributed by atoms with Crippen molar-refractivity contribution in [3.63, 3.8) is 0 Å². The highest BCUT2D eigenvalue weighted by atomic mass is 35.5. The lowest BCUT2D eigenvalue weighted by Crippen LogP contribution is -2.21. The number of rotatable bonds is 3. The van der Waals surface area contributed by atoms with E-state index < -0.39 is 12.1 Å². The minimum atomic E-state index is -5.08. The molecule has 1 aromatic carbocycles. The predicted octanol–water partition coefficient (Wildman–Crippen LogP) is 3.80. The lowest BCUT2D eigenvalue weighted by Gasteiger charge is -2.14.